The minimum atomic E-state index is -0.434. The standard InChI is InChI=1S/C6H12O4/c1-2-9-5-6(8)10-4-3-7/h7H,2-5H2,1H3. The van der Waals surface area contributed by atoms with Gasteiger partial charge in [-0.05, 0) is 6.92 Å². The van der Waals surface area contributed by atoms with Crippen LogP contribution in [0, 0.1) is 0 Å². The van der Waals surface area contributed by atoms with Gasteiger partial charge in [-0.15, -0.1) is 0 Å². The van der Waals surface area contributed by atoms with Crippen LogP contribution in [0.2, 0.25) is 0 Å². The van der Waals surface area contributed by atoms with Crippen molar-refractivity contribution in [3.63, 3.8) is 0 Å². The first-order valence-electron chi connectivity index (χ1n) is 3.15. The Morgan fingerprint density at radius 1 is 1.60 bits per heavy atom. The average molecular weight is 148 g/mol. The lowest BCUT2D eigenvalue weighted by molar-refractivity contribution is -0.149. The minimum Gasteiger partial charge on any atom is -0.462 e. The lowest BCUT2D eigenvalue weighted by Gasteiger charge is -2.01. The van der Waals surface area contributed by atoms with Crippen LogP contribution in [0.5, 0.6) is 0 Å². The molecule has 1 N–H and O–H groups in total. The van der Waals surface area contributed by atoms with Crippen LogP contribution in [0.3, 0.4) is 0 Å². The molecule has 0 amide bonds. The maximum atomic E-state index is 10.5. The Hall–Kier alpha value is -0.610. The zero-order chi connectivity index (χ0) is 7.82. The van der Waals surface area contributed by atoms with E-state index >= 15 is 0 Å². The van der Waals surface area contributed by atoms with Gasteiger partial charge in [0, 0.05) is 6.61 Å². The van der Waals surface area contributed by atoms with Crippen LogP contribution >= 0.6 is 0 Å². The SMILES string of the molecule is CCOCC(=O)OCCO. The van der Waals surface area contributed by atoms with Crippen LogP contribution in [0.4, 0.5) is 0 Å². The van der Waals surface area contributed by atoms with Crippen molar-refractivity contribution in [3.05, 3.63) is 0 Å². The third-order valence-corrected chi connectivity index (χ3v) is 0.778. The van der Waals surface area contributed by atoms with E-state index in [1.807, 2.05) is 0 Å². The summed E-state index contributed by atoms with van der Waals surface area (Å²) in [4.78, 5) is 10.5. The smallest absolute Gasteiger partial charge is 0.332 e. The molecule has 0 aromatic rings. The molecular formula is C6H12O4. The van der Waals surface area contributed by atoms with Crippen LogP contribution in [0.15, 0.2) is 0 Å². The lowest BCUT2D eigenvalue weighted by atomic mass is 10.7. The number of rotatable bonds is 5. The summed E-state index contributed by atoms with van der Waals surface area (Å²) in [5, 5.41) is 8.22. The summed E-state index contributed by atoms with van der Waals surface area (Å²) >= 11 is 0. The molecule has 0 bridgehead atoms. The Bertz CT molecular complexity index is 81.7. The van der Waals surface area contributed by atoms with Gasteiger partial charge in [0.2, 0.25) is 0 Å². The monoisotopic (exact) mass is 148 g/mol. The van der Waals surface area contributed by atoms with Gasteiger partial charge in [0.05, 0.1) is 6.61 Å². The molecule has 0 aromatic carbocycles. The molecule has 0 fully saturated rings. The number of carbonyl (C=O) groups excluding carboxylic acids is 1. The van der Waals surface area contributed by atoms with E-state index in [-0.39, 0.29) is 19.8 Å². The highest BCUT2D eigenvalue weighted by molar-refractivity contribution is 5.70. The molecule has 0 aliphatic carbocycles. The lowest BCUT2D eigenvalue weighted by Crippen LogP contribution is -2.14. The fourth-order valence-electron chi connectivity index (χ4n) is 0.387. The number of carbonyl (C=O) groups is 1. The molecule has 0 aromatic heterocycles. The van der Waals surface area contributed by atoms with Gasteiger partial charge in [-0.2, -0.15) is 0 Å². The summed E-state index contributed by atoms with van der Waals surface area (Å²) in [5.74, 6) is -0.434. The van der Waals surface area contributed by atoms with E-state index < -0.39 is 5.97 Å². The fourth-order valence-corrected chi connectivity index (χ4v) is 0.387. The van der Waals surface area contributed by atoms with E-state index in [2.05, 4.69) is 4.74 Å². The second-order valence-corrected chi connectivity index (χ2v) is 1.58. The molecule has 0 radical (unpaired) electrons. The van der Waals surface area contributed by atoms with Crippen LogP contribution < -0.4 is 0 Å². The van der Waals surface area contributed by atoms with Gasteiger partial charge in [0.25, 0.3) is 0 Å². The Kier molecular flexibility index (Phi) is 6.11. The summed E-state index contributed by atoms with van der Waals surface area (Å²) in [6.45, 7) is 2.16. The van der Waals surface area contributed by atoms with Crippen molar-refractivity contribution in [1.29, 1.82) is 0 Å². The molecule has 0 rings (SSSR count). The molecule has 0 saturated heterocycles. The van der Waals surface area contributed by atoms with Crippen molar-refractivity contribution < 1.29 is 19.4 Å². The molecule has 4 heteroatoms. The molecule has 0 unspecified atom stereocenters. The minimum absolute atomic E-state index is 0.0312. The van der Waals surface area contributed by atoms with Crippen molar-refractivity contribution in [3.8, 4) is 0 Å². The normalized spacial score (nSPS) is 9.40. The molecule has 0 saturated carbocycles. The van der Waals surface area contributed by atoms with E-state index in [9.17, 15) is 4.79 Å². The second-order valence-electron chi connectivity index (χ2n) is 1.58. The molecular weight excluding hydrogens is 136 g/mol. The van der Waals surface area contributed by atoms with Crippen LogP contribution in [-0.4, -0.2) is 37.5 Å². The molecule has 60 valence electrons. The van der Waals surface area contributed by atoms with Crippen molar-refractivity contribution >= 4 is 5.97 Å². The summed E-state index contributed by atoms with van der Waals surface area (Å²) in [7, 11) is 0. The predicted octanol–water partition coefficient (Wildman–Crippen LogP) is -0.442. The number of esters is 1. The maximum Gasteiger partial charge on any atom is 0.332 e. The number of hydrogen-bond acceptors (Lipinski definition) is 4. The van der Waals surface area contributed by atoms with Crippen LogP contribution in [0.1, 0.15) is 6.92 Å². The third-order valence-electron chi connectivity index (χ3n) is 0.778. The van der Waals surface area contributed by atoms with E-state index in [1.54, 1.807) is 6.92 Å². The van der Waals surface area contributed by atoms with E-state index in [1.165, 1.54) is 0 Å². The quantitative estimate of drug-likeness (QED) is 0.537. The zero-order valence-electron chi connectivity index (χ0n) is 6.00. The topological polar surface area (TPSA) is 55.8 Å². The molecule has 0 aliphatic rings. The van der Waals surface area contributed by atoms with Gasteiger partial charge in [0.1, 0.15) is 13.2 Å². The number of hydrogen-bond donors (Lipinski definition) is 1. The second kappa shape index (κ2) is 6.51. The number of ether oxygens (including phenoxy) is 2. The van der Waals surface area contributed by atoms with Crippen molar-refractivity contribution in [2.24, 2.45) is 0 Å². The first-order valence-corrected chi connectivity index (χ1v) is 3.15. The predicted molar refractivity (Wildman–Crippen MR) is 34.5 cm³/mol. The molecule has 0 heterocycles. The molecule has 0 atom stereocenters. The van der Waals surface area contributed by atoms with Crippen molar-refractivity contribution in [2.45, 2.75) is 6.92 Å². The van der Waals surface area contributed by atoms with Gasteiger partial charge in [-0.25, -0.2) is 4.79 Å². The summed E-state index contributed by atoms with van der Waals surface area (Å²) in [6.07, 6.45) is 0. The zero-order valence-corrected chi connectivity index (χ0v) is 6.00. The highest BCUT2D eigenvalue weighted by Gasteiger charge is 1.99. The Balaban J connectivity index is 3.09. The van der Waals surface area contributed by atoms with Gasteiger partial charge in [0.15, 0.2) is 0 Å². The van der Waals surface area contributed by atoms with Gasteiger partial charge >= 0.3 is 5.97 Å². The van der Waals surface area contributed by atoms with Crippen LogP contribution in [0.25, 0.3) is 0 Å². The highest BCUT2D eigenvalue weighted by Crippen LogP contribution is 1.79. The van der Waals surface area contributed by atoms with Crippen molar-refractivity contribution in [2.75, 3.05) is 26.4 Å². The number of aliphatic hydroxyl groups is 1. The Morgan fingerprint density at radius 2 is 2.30 bits per heavy atom. The van der Waals surface area contributed by atoms with E-state index in [0.29, 0.717) is 6.61 Å². The summed E-state index contributed by atoms with van der Waals surface area (Å²) < 4.78 is 9.22. The molecule has 4 nitrogen and oxygen atoms in total. The first kappa shape index (κ1) is 9.39. The number of aliphatic hydroxyl groups excluding tert-OH is 1. The fraction of sp³-hybridized carbons (Fsp3) is 0.833. The summed E-state index contributed by atoms with van der Waals surface area (Å²) in [6, 6.07) is 0. The average Bonchev–Trinajstić information content (AvgIpc) is 1.97. The molecule has 0 spiro atoms. The Morgan fingerprint density at radius 3 is 2.80 bits per heavy atom. The highest BCUT2D eigenvalue weighted by atomic mass is 16.6. The van der Waals surface area contributed by atoms with E-state index in [0.717, 1.165) is 0 Å². The Labute approximate surface area is 59.7 Å². The largest absolute Gasteiger partial charge is 0.462 e. The van der Waals surface area contributed by atoms with Gasteiger partial charge in [-0.3, -0.25) is 0 Å². The van der Waals surface area contributed by atoms with Gasteiger partial charge < -0.3 is 14.6 Å². The molecule has 10 heavy (non-hydrogen) atoms. The van der Waals surface area contributed by atoms with E-state index in [4.69, 9.17) is 9.84 Å². The first-order chi connectivity index (χ1) is 4.81. The van der Waals surface area contributed by atoms with Gasteiger partial charge in [-0.1, -0.05) is 0 Å². The van der Waals surface area contributed by atoms with Crippen LogP contribution in [-0.2, 0) is 14.3 Å². The molecule has 0 aliphatic heterocycles. The summed E-state index contributed by atoms with van der Waals surface area (Å²) in [5.41, 5.74) is 0. The maximum absolute atomic E-state index is 10.5. The van der Waals surface area contributed by atoms with Crippen molar-refractivity contribution in [1.82, 2.24) is 0 Å². The third kappa shape index (κ3) is 5.53.